The molecule has 0 aliphatic rings. The molecule has 0 fully saturated rings. The van der Waals surface area contributed by atoms with Crippen molar-refractivity contribution in [1.29, 1.82) is 0 Å². The second-order valence-electron chi connectivity index (χ2n) is 21.8. The Morgan fingerprint density at radius 3 is 0.890 bits per heavy atom. The van der Waals surface area contributed by atoms with Crippen molar-refractivity contribution in [2.45, 2.75) is 347 Å². The third kappa shape index (κ3) is 62.0. The molecule has 0 spiro atoms. The Kier molecular flexibility index (Phi) is 61.8. The van der Waals surface area contributed by atoms with Gasteiger partial charge in [-0.05, 0) is 57.8 Å². The molecule has 0 radical (unpaired) electrons. The van der Waals surface area contributed by atoms with Crippen LogP contribution in [-0.2, 0) is 19.1 Å². The fraction of sp³-hybridized carbons (Fsp3) is 0.824. The molecule has 5 heteroatoms. The van der Waals surface area contributed by atoms with Crippen LogP contribution < -0.4 is 0 Å². The van der Waals surface area contributed by atoms with Gasteiger partial charge < -0.3 is 14.6 Å². The molecule has 0 amide bonds. The van der Waals surface area contributed by atoms with Crippen LogP contribution in [0.2, 0.25) is 0 Å². The highest BCUT2D eigenvalue weighted by Crippen LogP contribution is 2.18. The Balaban J connectivity index is 3.43. The highest BCUT2D eigenvalue weighted by atomic mass is 16.6. The van der Waals surface area contributed by atoms with Crippen molar-refractivity contribution in [1.82, 2.24) is 0 Å². The number of aliphatic hydroxyl groups excluding tert-OH is 1. The maximum absolute atomic E-state index is 12.3. The lowest BCUT2D eigenvalue weighted by molar-refractivity contribution is -0.161. The number of rotatable bonds is 60. The van der Waals surface area contributed by atoms with Gasteiger partial charge in [-0.15, -0.1) is 0 Å². The minimum Gasteiger partial charge on any atom is -0.462 e. The van der Waals surface area contributed by atoms with E-state index >= 15 is 0 Å². The van der Waals surface area contributed by atoms with E-state index in [0.29, 0.717) is 12.8 Å². The molecule has 1 N–H and O–H groups in total. The largest absolute Gasteiger partial charge is 0.462 e. The van der Waals surface area contributed by atoms with Crippen molar-refractivity contribution in [3.63, 3.8) is 0 Å². The van der Waals surface area contributed by atoms with E-state index in [1.165, 1.54) is 250 Å². The summed E-state index contributed by atoms with van der Waals surface area (Å²) in [6.07, 6.45) is 86.6. The highest BCUT2D eigenvalue weighted by molar-refractivity contribution is 5.70. The number of carbonyl (C=O) groups excluding carboxylic acids is 2. The second kappa shape index (κ2) is 63.9. The maximum atomic E-state index is 12.3. The second-order valence-corrected chi connectivity index (χ2v) is 21.8. The zero-order valence-corrected chi connectivity index (χ0v) is 48.9. The van der Waals surface area contributed by atoms with Crippen LogP contribution in [0.25, 0.3) is 0 Å². The summed E-state index contributed by atoms with van der Waals surface area (Å²) in [7, 11) is 0. The van der Waals surface area contributed by atoms with Gasteiger partial charge in [0.15, 0.2) is 6.10 Å². The Hall–Kier alpha value is -2.40. The predicted octanol–water partition coefficient (Wildman–Crippen LogP) is 22.1. The Morgan fingerprint density at radius 2 is 0.589 bits per heavy atom. The van der Waals surface area contributed by atoms with Crippen LogP contribution in [0.4, 0.5) is 0 Å². The van der Waals surface area contributed by atoms with Gasteiger partial charge in [0.25, 0.3) is 0 Å². The van der Waals surface area contributed by atoms with Crippen molar-refractivity contribution >= 4 is 11.9 Å². The molecule has 0 aromatic heterocycles. The lowest BCUT2D eigenvalue weighted by Crippen LogP contribution is -2.28. The molecule has 426 valence electrons. The molecular weight excluding hydrogens is 897 g/mol. The van der Waals surface area contributed by atoms with E-state index in [2.05, 4.69) is 74.6 Å². The quantitative estimate of drug-likeness (QED) is 0.0373. The Bertz CT molecular complexity index is 1250. The fourth-order valence-corrected chi connectivity index (χ4v) is 9.76. The number of aliphatic hydroxyl groups is 1. The number of ether oxygens (including phenoxy) is 2. The molecule has 0 aromatic rings. The fourth-order valence-electron chi connectivity index (χ4n) is 9.76. The molecule has 0 aliphatic carbocycles. The van der Waals surface area contributed by atoms with Crippen LogP contribution in [-0.4, -0.2) is 36.4 Å². The van der Waals surface area contributed by atoms with E-state index in [-0.39, 0.29) is 25.2 Å². The molecule has 73 heavy (non-hydrogen) atoms. The Labute approximate surface area is 455 Å². The molecule has 0 aromatic carbocycles. The average molecular weight is 1020 g/mol. The third-order valence-electron chi connectivity index (χ3n) is 14.6. The monoisotopic (exact) mass is 1020 g/mol. The zero-order valence-electron chi connectivity index (χ0n) is 48.9. The van der Waals surface area contributed by atoms with Gasteiger partial charge in [-0.2, -0.15) is 0 Å². The normalized spacial score (nSPS) is 12.5. The van der Waals surface area contributed by atoms with Crippen molar-refractivity contribution in [3.05, 3.63) is 60.8 Å². The van der Waals surface area contributed by atoms with Crippen LogP contribution in [0.15, 0.2) is 60.8 Å². The molecular formula is C68H124O5. The van der Waals surface area contributed by atoms with Crippen LogP contribution in [0.5, 0.6) is 0 Å². The molecule has 1 atom stereocenters. The third-order valence-corrected chi connectivity index (χ3v) is 14.6. The Morgan fingerprint density at radius 1 is 0.329 bits per heavy atom. The maximum Gasteiger partial charge on any atom is 0.306 e. The summed E-state index contributed by atoms with van der Waals surface area (Å²) in [6.45, 7) is 4.08. The molecule has 1 unspecified atom stereocenters. The first-order valence-electron chi connectivity index (χ1n) is 32.3. The first-order valence-corrected chi connectivity index (χ1v) is 32.3. The van der Waals surface area contributed by atoms with E-state index < -0.39 is 6.10 Å². The zero-order chi connectivity index (χ0) is 52.7. The lowest BCUT2D eigenvalue weighted by atomic mass is 10.0. The van der Waals surface area contributed by atoms with E-state index in [0.717, 1.165) is 64.2 Å². The summed E-state index contributed by atoms with van der Waals surface area (Å²) in [5, 5.41) is 9.69. The summed E-state index contributed by atoms with van der Waals surface area (Å²) in [4.78, 5) is 24.6. The van der Waals surface area contributed by atoms with Crippen molar-refractivity contribution in [3.8, 4) is 0 Å². The SMILES string of the molecule is CC/C=C\C/C=C\C/C=C\C/C=C\C/C=C\CCCCCCCCCCCCCCCCCC(=O)OC(CO)COC(=O)CCCCCCCCCCCCCCCCCCCCCCCCCCCCCC. The van der Waals surface area contributed by atoms with Gasteiger partial charge in [0, 0.05) is 12.8 Å². The summed E-state index contributed by atoms with van der Waals surface area (Å²) >= 11 is 0. The van der Waals surface area contributed by atoms with E-state index in [1.807, 2.05) is 0 Å². The molecule has 0 saturated carbocycles. The highest BCUT2D eigenvalue weighted by Gasteiger charge is 2.16. The average Bonchev–Trinajstić information content (AvgIpc) is 3.39. The lowest BCUT2D eigenvalue weighted by Gasteiger charge is -2.15. The van der Waals surface area contributed by atoms with E-state index in [9.17, 15) is 14.7 Å². The van der Waals surface area contributed by atoms with Crippen LogP contribution >= 0.6 is 0 Å². The smallest absolute Gasteiger partial charge is 0.306 e. The molecule has 0 heterocycles. The number of allylic oxidation sites excluding steroid dienone is 10. The van der Waals surface area contributed by atoms with Gasteiger partial charge in [0.1, 0.15) is 6.61 Å². The summed E-state index contributed by atoms with van der Waals surface area (Å²) in [5.41, 5.74) is 0. The summed E-state index contributed by atoms with van der Waals surface area (Å²) < 4.78 is 10.8. The van der Waals surface area contributed by atoms with Gasteiger partial charge in [-0.25, -0.2) is 0 Å². The standard InChI is InChI=1S/C68H124O5/c1-3-5-7-9-11-13-15-17-19-21-23-25-27-29-31-33-34-35-37-39-41-43-45-47-49-51-53-55-57-59-61-63-68(71)73-66(64-69)65-72-67(70)62-60-58-56-54-52-50-48-46-44-42-40-38-36-32-30-28-26-24-22-20-18-16-14-12-10-8-6-4-2/h5,7,11,13,17,19,23,25,29,31,66,69H,3-4,6,8-10,12,14-16,18,20-22,24,26-28,30,32-65H2,1-2H3/b7-5-,13-11-,19-17-,25-23-,31-29-. The van der Waals surface area contributed by atoms with Gasteiger partial charge in [-0.3, -0.25) is 9.59 Å². The molecule has 5 nitrogen and oxygen atoms in total. The number of hydrogen-bond acceptors (Lipinski definition) is 5. The molecule has 0 bridgehead atoms. The number of hydrogen-bond donors (Lipinski definition) is 1. The van der Waals surface area contributed by atoms with Crippen LogP contribution in [0.3, 0.4) is 0 Å². The van der Waals surface area contributed by atoms with Crippen molar-refractivity contribution in [2.75, 3.05) is 13.2 Å². The van der Waals surface area contributed by atoms with Crippen LogP contribution in [0.1, 0.15) is 341 Å². The predicted molar refractivity (Wildman–Crippen MR) is 320 cm³/mol. The number of unbranched alkanes of at least 4 members (excludes halogenated alkanes) is 42. The van der Waals surface area contributed by atoms with Gasteiger partial charge >= 0.3 is 11.9 Å². The van der Waals surface area contributed by atoms with E-state index in [4.69, 9.17) is 9.47 Å². The first kappa shape index (κ1) is 70.6. The number of carbonyl (C=O) groups is 2. The molecule has 0 rings (SSSR count). The molecule has 0 aliphatic heterocycles. The number of esters is 2. The van der Waals surface area contributed by atoms with Gasteiger partial charge in [0.2, 0.25) is 0 Å². The topological polar surface area (TPSA) is 72.8 Å². The summed E-state index contributed by atoms with van der Waals surface area (Å²) in [5.74, 6) is -0.573. The van der Waals surface area contributed by atoms with Gasteiger partial charge in [-0.1, -0.05) is 331 Å². The minimum absolute atomic E-state index is 0.0619. The minimum atomic E-state index is -0.772. The first-order chi connectivity index (χ1) is 36.1. The van der Waals surface area contributed by atoms with Crippen LogP contribution in [0, 0.1) is 0 Å². The van der Waals surface area contributed by atoms with Crippen molar-refractivity contribution < 1.29 is 24.2 Å². The van der Waals surface area contributed by atoms with E-state index in [1.54, 1.807) is 0 Å². The van der Waals surface area contributed by atoms with Gasteiger partial charge in [0.05, 0.1) is 6.61 Å². The summed E-state index contributed by atoms with van der Waals surface area (Å²) in [6, 6.07) is 0. The molecule has 0 saturated heterocycles. The van der Waals surface area contributed by atoms with Crippen molar-refractivity contribution in [2.24, 2.45) is 0 Å².